The minimum Gasteiger partial charge on any atom is -0.454 e. The van der Waals surface area contributed by atoms with Crippen molar-refractivity contribution in [1.29, 1.82) is 0 Å². The van der Waals surface area contributed by atoms with Crippen LogP contribution in [0, 0.1) is 3.77 Å². The molecular weight excluding hydrogens is 369 g/mol. The third-order valence-electron chi connectivity index (χ3n) is 3.11. The average molecular weight is 383 g/mol. The Morgan fingerprint density at radius 2 is 2.25 bits per heavy atom. The molecule has 0 spiro atoms. The van der Waals surface area contributed by atoms with Crippen LogP contribution in [0.3, 0.4) is 0 Å². The maximum absolute atomic E-state index is 11.6. The number of amides is 2. The molecule has 1 aromatic heterocycles. The van der Waals surface area contributed by atoms with Crippen molar-refractivity contribution in [2.45, 2.75) is 6.54 Å². The number of nitrogens with zero attached hydrogens (tertiary/aromatic N) is 1. The fourth-order valence-corrected chi connectivity index (χ4v) is 2.60. The number of hydrogen-bond donors (Lipinski definition) is 2. The van der Waals surface area contributed by atoms with Gasteiger partial charge in [0.2, 0.25) is 0 Å². The van der Waals surface area contributed by atoms with E-state index in [0.29, 0.717) is 19.6 Å². The van der Waals surface area contributed by atoms with Crippen molar-refractivity contribution in [3.8, 4) is 0 Å². The molecule has 1 fully saturated rings. The van der Waals surface area contributed by atoms with Gasteiger partial charge in [-0.3, -0.25) is 4.90 Å². The molecule has 6 heteroatoms. The summed E-state index contributed by atoms with van der Waals surface area (Å²) in [5.74, 6) is 0.888. The van der Waals surface area contributed by atoms with Crippen molar-refractivity contribution >= 4 is 40.0 Å². The van der Waals surface area contributed by atoms with Gasteiger partial charge in [0.15, 0.2) is 3.77 Å². The number of hydrogen-bond acceptors (Lipinski definition) is 3. The molecule has 1 aliphatic heterocycles. The van der Waals surface area contributed by atoms with E-state index in [9.17, 15) is 4.79 Å². The molecule has 0 unspecified atom stereocenters. The molecular formula is C14H14IN3O2. The molecule has 0 aliphatic carbocycles. The van der Waals surface area contributed by atoms with Gasteiger partial charge in [-0.15, -0.1) is 0 Å². The summed E-state index contributed by atoms with van der Waals surface area (Å²) in [5.41, 5.74) is 1.87. The van der Waals surface area contributed by atoms with Crippen LogP contribution >= 0.6 is 22.6 Å². The topological polar surface area (TPSA) is 57.5 Å². The molecule has 0 saturated carbocycles. The predicted molar refractivity (Wildman–Crippen MR) is 85.9 cm³/mol. The lowest BCUT2D eigenvalue weighted by Gasteiger charge is -2.15. The summed E-state index contributed by atoms with van der Waals surface area (Å²) in [6, 6.07) is 11.7. The van der Waals surface area contributed by atoms with E-state index in [2.05, 4.69) is 33.2 Å². The SMILES string of the molecule is O=C1NCCN1c1cccc(NCc2ccc(I)o2)c1. The summed E-state index contributed by atoms with van der Waals surface area (Å²) in [6.45, 7) is 2.03. The van der Waals surface area contributed by atoms with Crippen molar-refractivity contribution < 1.29 is 9.21 Å². The number of urea groups is 1. The molecule has 5 nitrogen and oxygen atoms in total. The van der Waals surface area contributed by atoms with Gasteiger partial charge in [0.1, 0.15) is 5.76 Å². The lowest BCUT2D eigenvalue weighted by Crippen LogP contribution is -2.27. The Labute approximate surface area is 130 Å². The zero-order valence-electron chi connectivity index (χ0n) is 10.7. The van der Waals surface area contributed by atoms with Crippen LogP contribution in [0.4, 0.5) is 16.2 Å². The Morgan fingerprint density at radius 1 is 1.35 bits per heavy atom. The average Bonchev–Trinajstić information content (AvgIpc) is 3.05. The number of halogens is 1. The second kappa shape index (κ2) is 5.74. The van der Waals surface area contributed by atoms with Gasteiger partial charge in [-0.2, -0.15) is 0 Å². The molecule has 104 valence electrons. The summed E-state index contributed by atoms with van der Waals surface area (Å²) >= 11 is 2.14. The highest BCUT2D eigenvalue weighted by atomic mass is 127. The van der Waals surface area contributed by atoms with Gasteiger partial charge in [-0.1, -0.05) is 6.07 Å². The molecule has 1 aliphatic rings. The standard InChI is InChI=1S/C14H14IN3O2/c15-13-5-4-12(20-13)9-17-10-2-1-3-11(8-10)18-7-6-16-14(18)19/h1-5,8,17H,6-7,9H2,(H,16,19). The first-order valence-electron chi connectivity index (χ1n) is 6.36. The van der Waals surface area contributed by atoms with E-state index in [1.807, 2.05) is 36.4 Å². The van der Waals surface area contributed by atoms with E-state index in [-0.39, 0.29) is 6.03 Å². The van der Waals surface area contributed by atoms with Gasteiger partial charge < -0.3 is 15.1 Å². The number of furan rings is 1. The van der Waals surface area contributed by atoms with Crippen LogP contribution in [0.2, 0.25) is 0 Å². The molecule has 2 N–H and O–H groups in total. The Hall–Kier alpha value is -1.70. The van der Waals surface area contributed by atoms with Crippen LogP contribution in [0.15, 0.2) is 40.8 Å². The minimum absolute atomic E-state index is 0.0391. The van der Waals surface area contributed by atoms with Crippen LogP contribution in [0.5, 0.6) is 0 Å². The molecule has 0 bridgehead atoms. The largest absolute Gasteiger partial charge is 0.454 e. The summed E-state index contributed by atoms with van der Waals surface area (Å²) in [5, 5.41) is 6.10. The second-order valence-corrected chi connectivity index (χ2v) is 5.56. The fourth-order valence-electron chi connectivity index (χ4n) is 2.14. The third-order valence-corrected chi connectivity index (χ3v) is 3.69. The van der Waals surface area contributed by atoms with Crippen molar-refractivity contribution in [2.75, 3.05) is 23.3 Å². The summed E-state index contributed by atoms with van der Waals surface area (Å²) in [6.07, 6.45) is 0. The highest BCUT2D eigenvalue weighted by molar-refractivity contribution is 14.1. The first-order chi connectivity index (χ1) is 9.72. The summed E-state index contributed by atoms with van der Waals surface area (Å²) in [4.78, 5) is 13.4. The molecule has 0 radical (unpaired) electrons. The van der Waals surface area contributed by atoms with Gasteiger partial charge in [-0.05, 0) is 52.9 Å². The van der Waals surface area contributed by atoms with Crippen LogP contribution in [0.25, 0.3) is 0 Å². The lowest BCUT2D eigenvalue weighted by atomic mass is 10.2. The Bertz CT molecular complexity index is 626. The zero-order chi connectivity index (χ0) is 13.9. The molecule has 1 aromatic carbocycles. The van der Waals surface area contributed by atoms with Crippen molar-refractivity contribution in [2.24, 2.45) is 0 Å². The van der Waals surface area contributed by atoms with Crippen molar-refractivity contribution in [3.05, 3.63) is 45.9 Å². The van der Waals surface area contributed by atoms with Gasteiger partial charge in [0.05, 0.1) is 6.54 Å². The quantitative estimate of drug-likeness (QED) is 0.799. The number of carbonyl (C=O) groups excluding carboxylic acids is 1. The Morgan fingerprint density at radius 3 is 2.95 bits per heavy atom. The van der Waals surface area contributed by atoms with Crippen LogP contribution in [-0.4, -0.2) is 19.1 Å². The number of anilines is 2. The Kier molecular flexibility index (Phi) is 3.81. The Balaban J connectivity index is 1.69. The van der Waals surface area contributed by atoms with E-state index in [1.165, 1.54) is 0 Å². The fraction of sp³-hybridized carbons (Fsp3) is 0.214. The maximum atomic E-state index is 11.6. The molecule has 3 rings (SSSR count). The minimum atomic E-state index is -0.0391. The molecule has 2 aromatic rings. The first kappa shape index (κ1) is 13.3. The van der Waals surface area contributed by atoms with Gasteiger partial charge in [0.25, 0.3) is 0 Å². The van der Waals surface area contributed by atoms with Crippen LogP contribution < -0.4 is 15.5 Å². The smallest absolute Gasteiger partial charge is 0.321 e. The van der Waals surface area contributed by atoms with Gasteiger partial charge in [0, 0.05) is 24.5 Å². The van der Waals surface area contributed by atoms with E-state index < -0.39 is 0 Å². The van der Waals surface area contributed by atoms with E-state index in [4.69, 9.17) is 4.42 Å². The van der Waals surface area contributed by atoms with E-state index in [0.717, 1.165) is 20.9 Å². The van der Waals surface area contributed by atoms with Gasteiger partial charge in [-0.25, -0.2) is 4.79 Å². The van der Waals surface area contributed by atoms with Crippen molar-refractivity contribution in [1.82, 2.24) is 5.32 Å². The van der Waals surface area contributed by atoms with Crippen molar-refractivity contribution in [3.63, 3.8) is 0 Å². The number of carbonyl (C=O) groups is 1. The summed E-state index contributed by atoms with van der Waals surface area (Å²) < 4.78 is 6.38. The molecule has 2 heterocycles. The normalized spacial score (nSPS) is 14.4. The third kappa shape index (κ3) is 2.90. The monoisotopic (exact) mass is 383 g/mol. The molecule has 2 amide bonds. The second-order valence-electron chi connectivity index (χ2n) is 4.49. The van der Waals surface area contributed by atoms with Gasteiger partial charge >= 0.3 is 6.03 Å². The first-order valence-corrected chi connectivity index (χ1v) is 7.44. The maximum Gasteiger partial charge on any atom is 0.321 e. The molecule has 0 atom stereocenters. The summed E-state index contributed by atoms with van der Waals surface area (Å²) in [7, 11) is 0. The highest BCUT2D eigenvalue weighted by Crippen LogP contribution is 2.21. The highest BCUT2D eigenvalue weighted by Gasteiger charge is 2.20. The lowest BCUT2D eigenvalue weighted by molar-refractivity contribution is 0.252. The molecule has 1 saturated heterocycles. The number of benzene rings is 1. The van der Waals surface area contributed by atoms with E-state index >= 15 is 0 Å². The predicted octanol–water partition coefficient (Wildman–Crippen LogP) is 3.03. The zero-order valence-corrected chi connectivity index (χ0v) is 12.9. The van der Waals surface area contributed by atoms with Crippen LogP contribution in [0.1, 0.15) is 5.76 Å². The van der Waals surface area contributed by atoms with Crippen LogP contribution in [-0.2, 0) is 6.54 Å². The number of nitrogens with one attached hydrogen (secondary N) is 2. The van der Waals surface area contributed by atoms with E-state index in [1.54, 1.807) is 4.90 Å². The molecule has 20 heavy (non-hydrogen) atoms. The number of rotatable bonds is 4.